The quantitative estimate of drug-likeness (QED) is 0.530. The molecule has 1 atom stereocenters. The van der Waals surface area contributed by atoms with E-state index in [9.17, 15) is 4.79 Å². The standard InChI is InChI=1S/C6H10N2O/c1-3-5-4(2)7-6(9)8-5/h5H,2-3H2,1H3,(H2,7,8,9)/t5-/m1/s1. The average Bonchev–Trinajstić information content (AvgIpc) is 2.10. The molecule has 0 aromatic carbocycles. The second-order valence-electron chi connectivity index (χ2n) is 2.08. The molecule has 1 aliphatic heterocycles. The smallest absolute Gasteiger partial charge is 0.319 e. The molecule has 0 bridgehead atoms. The molecule has 2 N–H and O–H groups in total. The zero-order valence-electron chi connectivity index (χ0n) is 5.40. The lowest BCUT2D eigenvalue weighted by atomic mass is 10.2. The SMILES string of the molecule is C=C1NC(=O)N[C@@H]1CC. The van der Waals surface area contributed by atoms with Gasteiger partial charge in [0.25, 0.3) is 0 Å². The molecule has 1 fully saturated rings. The van der Waals surface area contributed by atoms with Gasteiger partial charge in [-0.1, -0.05) is 13.5 Å². The molecular formula is C6H10N2O. The topological polar surface area (TPSA) is 41.1 Å². The maximum absolute atomic E-state index is 10.5. The Morgan fingerprint density at radius 1 is 1.78 bits per heavy atom. The first-order valence-electron chi connectivity index (χ1n) is 3.00. The number of amides is 2. The average molecular weight is 126 g/mol. The first kappa shape index (κ1) is 6.13. The van der Waals surface area contributed by atoms with Crippen molar-refractivity contribution in [1.29, 1.82) is 0 Å². The van der Waals surface area contributed by atoms with Crippen LogP contribution in [-0.2, 0) is 0 Å². The first-order valence-corrected chi connectivity index (χ1v) is 3.00. The molecule has 3 heteroatoms. The second kappa shape index (κ2) is 2.09. The number of urea groups is 1. The summed E-state index contributed by atoms with van der Waals surface area (Å²) in [6.07, 6.45) is 0.900. The fourth-order valence-corrected chi connectivity index (χ4v) is 0.863. The Hall–Kier alpha value is -0.990. The highest BCUT2D eigenvalue weighted by Gasteiger charge is 2.21. The molecule has 1 saturated heterocycles. The summed E-state index contributed by atoms with van der Waals surface area (Å²) >= 11 is 0. The summed E-state index contributed by atoms with van der Waals surface area (Å²) in [5.41, 5.74) is 0.780. The predicted molar refractivity (Wildman–Crippen MR) is 34.9 cm³/mol. The number of hydrogen-bond acceptors (Lipinski definition) is 1. The maximum Gasteiger partial charge on any atom is 0.319 e. The van der Waals surface area contributed by atoms with E-state index >= 15 is 0 Å². The highest BCUT2D eigenvalue weighted by molar-refractivity contribution is 5.80. The van der Waals surface area contributed by atoms with Crippen LogP contribution in [0.15, 0.2) is 12.3 Å². The van der Waals surface area contributed by atoms with Crippen LogP contribution in [0, 0.1) is 0 Å². The number of rotatable bonds is 1. The van der Waals surface area contributed by atoms with Gasteiger partial charge < -0.3 is 10.6 Å². The molecule has 50 valence electrons. The van der Waals surface area contributed by atoms with Gasteiger partial charge in [0.05, 0.1) is 6.04 Å². The van der Waals surface area contributed by atoms with Gasteiger partial charge in [0.1, 0.15) is 0 Å². The van der Waals surface area contributed by atoms with Gasteiger partial charge in [-0.25, -0.2) is 4.79 Å². The van der Waals surface area contributed by atoms with Gasteiger partial charge in [-0.15, -0.1) is 0 Å². The van der Waals surface area contributed by atoms with E-state index in [2.05, 4.69) is 17.2 Å². The summed E-state index contributed by atoms with van der Waals surface area (Å²) in [5.74, 6) is 0. The lowest BCUT2D eigenvalue weighted by Gasteiger charge is -2.03. The number of nitrogens with one attached hydrogen (secondary N) is 2. The van der Waals surface area contributed by atoms with Crippen molar-refractivity contribution in [1.82, 2.24) is 10.6 Å². The van der Waals surface area contributed by atoms with Crippen molar-refractivity contribution < 1.29 is 4.79 Å². The lowest BCUT2D eigenvalue weighted by Crippen LogP contribution is -2.25. The van der Waals surface area contributed by atoms with Gasteiger partial charge in [0.15, 0.2) is 0 Å². The van der Waals surface area contributed by atoms with Crippen molar-refractivity contribution in [3.8, 4) is 0 Å². The molecule has 1 heterocycles. The molecule has 0 saturated carbocycles. The molecule has 2 amide bonds. The normalized spacial score (nSPS) is 25.7. The Bertz CT molecular complexity index is 153. The third-order valence-electron chi connectivity index (χ3n) is 1.41. The van der Waals surface area contributed by atoms with Crippen molar-refractivity contribution in [3.05, 3.63) is 12.3 Å². The fourth-order valence-electron chi connectivity index (χ4n) is 0.863. The summed E-state index contributed by atoms with van der Waals surface area (Å²) < 4.78 is 0. The fraction of sp³-hybridized carbons (Fsp3) is 0.500. The zero-order valence-corrected chi connectivity index (χ0v) is 5.40. The summed E-state index contributed by atoms with van der Waals surface area (Å²) in [6, 6.07) is 0.00403. The summed E-state index contributed by atoms with van der Waals surface area (Å²) in [4.78, 5) is 10.5. The highest BCUT2D eigenvalue weighted by Crippen LogP contribution is 2.05. The Morgan fingerprint density at radius 2 is 2.44 bits per heavy atom. The van der Waals surface area contributed by atoms with Crippen molar-refractivity contribution in [3.63, 3.8) is 0 Å². The largest absolute Gasteiger partial charge is 0.330 e. The van der Waals surface area contributed by atoms with E-state index in [1.165, 1.54) is 0 Å². The van der Waals surface area contributed by atoms with Crippen LogP contribution >= 0.6 is 0 Å². The first-order chi connectivity index (χ1) is 4.24. The van der Waals surface area contributed by atoms with E-state index in [0.717, 1.165) is 12.1 Å². The van der Waals surface area contributed by atoms with Gasteiger partial charge in [0, 0.05) is 5.70 Å². The van der Waals surface area contributed by atoms with Crippen molar-refractivity contribution in [2.75, 3.05) is 0 Å². The van der Waals surface area contributed by atoms with E-state index in [0.29, 0.717) is 0 Å². The van der Waals surface area contributed by atoms with Crippen LogP contribution in [0.4, 0.5) is 4.79 Å². The maximum atomic E-state index is 10.5. The highest BCUT2D eigenvalue weighted by atomic mass is 16.2. The zero-order chi connectivity index (χ0) is 6.85. The van der Waals surface area contributed by atoms with Crippen LogP contribution in [0.5, 0.6) is 0 Å². The molecule has 1 aliphatic rings. The molecule has 0 unspecified atom stereocenters. The molecule has 0 aliphatic carbocycles. The Kier molecular flexibility index (Phi) is 1.42. The van der Waals surface area contributed by atoms with Gasteiger partial charge >= 0.3 is 6.03 Å². The van der Waals surface area contributed by atoms with Crippen molar-refractivity contribution >= 4 is 6.03 Å². The lowest BCUT2D eigenvalue weighted by molar-refractivity contribution is 0.247. The van der Waals surface area contributed by atoms with Crippen LogP contribution < -0.4 is 10.6 Å². The van der Waals surface area contributed by atoms with E-state index in [4.69, 9.17) is 0 Å². The van der Waals surface area contributed by atoms with Crippen LogP contribution in [-0.4, -0.2) is 12.1 Å². The minimum atomic E-state index is -0.133. The Balaban J connectivity index is 2.58. The minimum absolute atomic E-state index is 0.133. The summed E-state index contributed by atoms with van der Waals surface area (Å²) in [5, 5.41) is 5.28. The third kappa shape index (κ3) is 1.04. The molecule has 0 aromatic heterocycles. The van der Waals surface area contributed by atoms with Crippen LogP contribution in [0.1, 0.15) is 13.3 Å². The Labute approximate surface area is 54.1 Å². The monoisotopic (exact) mass is 126 g/mol. The van der Waals surface area contributed by atoms with Crippen LogP contribution in [0.2, 0.25) is 0 Å². The molecule has 3 nitrogen and oxygen atoms in total. The number of carbonyl (C=O) groups is 1. The van der Waals surface area contributed by atoms with Crippen LogP contribution in [0.25, 0.3) is 0 Å². The predicted octanol–water partition coefficient (Wildman–Crippen LogP) is 0.592. The molecule has 1 rings (SSSR count). The number of carbonyl (C=O) groups excluding carboxylic acids is 1. The summed E-state index contributed by atoms with van der Waals surface area (Å²) in [7, 11) is 0. The molecule has 9 heavy (non-hydrogen) atoms. The second-order valence-corrected chi connectivity index (χ2v) is 2.08. The van der Waals surface area contributed by atoms with E-state index < -0.39 is 0 Å². The van der Waals surface area contributed by atoms with Crippen LogP contribution in [0.3, 0.4) is 0 Å². The summed E-state index contributed by atoms with van der Waals surface area (Å²) in [6.45, 7) is 5.67. The van der Waals surface area contributed by atoms with Gasteiger partial charge in [-0.3, -0.25) is 0 Å². The van der Waals surface area contributed by atoms with E-state index in [1.54, 1.807) is 0 Å². The van der Waals surface area contributed by atoms with E-state index in [-0.39, 0.29) is 12.1 Å². The van der Waals surface area contributed by atoms with Crippen molar-refractivity contribution in [2.45, 2.75) is 19.4 Å². The molecular weight excluding hydrogens is 116 g/mol. The van der Waals surface area contributed by atoms with E-state index in [1.807, 2.05) is 6.92 Å². The number of hydrogen-bond donors (Lipinski definition) is 2. The van der Waals surface area contributed by atoms with Gasteiger partial charge in [-0.05, 0) is 6.42 Å². The Morgan fingerprint density at radius 3 is 2.67 bits per heavy atom. The molecule has 0 radical (unpaired) electrons. The van der Waals surface area contributed by atoms with Gasteiger partial charge in [-0.2, -0.15) is 0 Å². The third-order valence-corrected chi connectivity index (χ3v) is 1.41. The molecule has 0 spiro atoms. The minimum Gasteiger partial charge on any atom is -0.330 e. The van der Waals surface area contributed by atoms with Crippen molar-refractivity contribution in [2.24, 2.45) is 0 Å². The molecule has 0 aromatic rings. The van der Waals surface area contributed by atoms with Gasteiger partial charge in [0.2, 0.25) is 0 Å².